The SMILES string of the molecule is C=N/C(C#N)=N\C=C(/C)c1cccc(-c2cnc(C#N)nc2)c1-n1c2ccccc2c2ccccc21. The van der Waals surface area contributed by atoms with E-state index in [9.17, 15) is 5.26 Å². The minimum absolute atomic E-state index is 0.00980. The number of hydrogen-bond acceptors (Lipinski definition) is 5. The Morgan fingerprint density at radius 3 is 2.14 bits per heavy atom. The number of nitriles is 2. The van der Waals surface area contributed by atoms with Crippen LogP contribution in [-0.4, -0.2) is 27.1 Å². The normalized spacial score (nSPS) is 11.9. The summed E-state index contributed by atoms with van der Waals surface area (Å²) in [5, 5.41) is 20.6. The zero-order chi connectivity index (χ0) is 25.1. The predicted octanol–water partition coefficient (Wildman–Crippen LogP) is 6.10. The standard InChI is InChI=1S/C29H19N7/c1-19(16-33-27(14-30)32-2)21-10-7-11-22(20-17-34-28(15-31)35-18-20)29(21)36-25-12-5-3-8-23(25)24-9-4-6-13-26(24)36/h3-13,16-18H,2H2,1H3/b19-16+,33-27-. The number of aromatic nitrogens is 3. The average Bonchev–Trinajstić information content (AvgIpc) is 3.27. The lowest BCUT2D eigenvalue weighted by Gasteiger charge is -2.18. The van der Waals surface area contributed by atoms with Gasteiger partial charge in [0, 0.05) is 46.1 Å². The van der Waals surface area contributed by atoms with Crippen LogP contribution in [0.15, 0.2) is 95.3 Å². The minimum atomic E-state index is -0.00980. The van der Waals surface area contributed by atoms with E-state index < -0.39 is 0 Å². The van der Waals surface area contributed by atoms with E-state index in [0.717, 1.165) is 49.8 Å². The van der Waals surface area contributed by atoms with Gasteiger partial charge in [0.1, 0.15) is 12.1 Å². The van der Waals surface area contributed by atoms with Crippen LogP contribution in [-0.2, 0) is 0 Å². The number of para-hydroxylation sites is 3. The molecule has 0 aliphatic heterocycles. The molecule has 5 aromatic rings. The molecular formula is C29H19N7. The van der Waals surface area contributed by atoms with Crippen LogP contribution in [0.2, 0.25) is 0 Å². The molecule has 2 heterocycles. The number of benzene rings is 3. The summed E-state index contributed by atoms with van der Waals surface area (Å²) in [7, 11) is 0. The van der Waals surface area contributed by atoms with Crippen LogP contribution in [0, 0.1) is 22.7 Å². The van der Waals surface area contributed by atoms with Crippen molar-refractivity contribution in [3.63, 3.8) is 0 Å². The molecule has 0 N–H and O–H groups in total. The molecule has 0 radical (unpaired) electrons. The fourth-order valence-corrected chi connectivity index (χ4v) is 4.36. The first kappa shape index (κ1) is 22.4. The summed E-state index contributed by atoms with van der Waals surface area (Å²) in [4.78, 5) is 16.3. The van der Waals surface area contributed by atoms with Crippen molar-refractivity contribution in [2.24, 2.45) is 9.98 Å². The number of hydrogen-bond donors (Lipinski definition) is 0. The molecule has 0 bridgehead atoms. The lowest BCUT2D eigenvalue weighted by atomic mass is 9.97. The highest BCUT2D eigenvalue weighted by atomic mass is 15.0. The molecular weight excluding hydrogens is 446 g/mol. The molecule has 0 saturated carbocycles. The summed E-state index contributed by atoms with van der Waals surface area (Å²) in [6, 6.07) is 26.4. The van der Waals surface area contributed by atoms with E-state index in [2.05, 4.69) is 55.5 Å². The second-order valence-corrected chi connectivity index (χ2v) is 8.01. The maximum atomic E-state index is 9.20. The highest BCUT2D eigenvalue weighted by Gasteiger charge is 2.19. The Morgan fingerprint density at radius 2 is 1.56 bits per heavy atom. The van der Waals surface area contributed by atoms with Gasteiger partial charge in [0.15, 0.2) is 0 Å². The molecule has 0 aliphatic rings. The molecule has 0 amide bonds. The number of nitrogens with zero attached hydrogens (tertiary/aromatic N) is 7. The summed E-state index contributed by atoms with van der Waals surface area (Å²) >= 11 is 0. The molecule has 7 nitrogen and oxygen atoms in total. The van der Waals surface area contributed by atoms with Crippen molar-refractivity contribution in [3.8, 4) is 29.0 Å². The average molecular weight is 466 g/mol. The lowest BCUT2D eigenvalue weighted by molar-refractivity contribution is 1.11. The van der Waals surface area contributed by atoms with Crippen molar-refractivity contribution in [3.05, 3.63) is 96.7 Å². The molecule has 7 heteroatoms. The Balaban J connectivity index is 1.89. The van der Waals surface area contributed by atoms with Crippen molar-refractivity contribution in [1.82, 2.24) is 14.5 Å². The van der Waals surface area contributed by atoms with E-state index >= 15 is 0 Å². The topological polar surface area (TPSA) is 103 Å². The molecule has 170 valence electrons. The Morgan fingerprint density at radius 1 is 0.917 bits per heavy atom. The van der Waals surface area contributed by atoms with Crippen LogP contribution < -0.4 is 0 Å². The maximum absolute atomic E-state index is 9.20. The minimum Gasteiger partial charge on any atom is -0.308 e. The van der Waals surface area contributed by atoms with Crippen LogP contribution in [0.5, 0.6) is 0 Å². The van der Waals surface area contributed by atoms with Gasteiger partial charge in [-0.1, -0.05) is 54.6 Å². The number of aliphatic imine (C=N–C) groups is 2. The van der Waals surface area contributed by atoms with Gasteiger partial charge in [-0.15, -0.1) is 0 Å². The first-order valence-corrected chi connectivity index (χ1v) is 11.1. The maximum Gasteiger partial charge on any atom is 0.232 e. The van der Waals surface area contributed by atoms with Crippen LogP contribution in [0.1, 0.15) is 18.3 Å². The number of allylic oxidation sites excluding steroid dienone is 1. The smallest absolute Gasteiger partial charge is 0.232 e. The summed E-state index contributed by atoms with van der Waals surface area (Å²) in [5.41, 5.74) is 6.41. The Labute approximate surface area is 207 Å². The van der Waals surface area contributed by atoms with Crippen LogP contribution >= 0.6 is 0 Å². The molecule has 5 rings (SSSR count). The van der Waals surface area contributed by atoms with Crippen molar-refractivity contribution < 1.29 is 0 Å². The van der Waals surface area contributed by atoms with Crippen molar-refractivity contribution in [2.75, 3.05) is 0 Å². The third kappa shape index (κ3) is 3.81. The molecule has 0 atom stereocenters. The Bertz CT molecular complexity index is 1720. The second-order valence-electron chi connectivity index (χ2n) is 8.01. The quantitative estimate of drug-likeness (QED) is 0.236. The van der Waals surface area contributed by atoms with Crippen LogP contribution in [0.4, 0.5) is 0 Å². The van der Waals surface area contributed by atoms with Crippen molar-refractivity contribution >= 4 is 39.9 Å². The largest absolute Gasteiger partial charge is 0.308 e. The van der Waals surface area contributed by atoms with Crippen molar-refractivity contribution in [1.29, 1.82) is 10.5 Å². The molecule has 0 saturated heterocycles. The van der Waals surface area contributed by atoms with Gasteiger partial charge in [0.25, 0.3) is 0 Å². The molecule has 2 aromatic heterocycles. The van der Waals surface area contributed by atoms with E-state index in [-0.39, 0.29) is 11.7 Å². The third-order valence-electron chi connectivity index (χ3n) is 5.96. The van der Waals surface area contributed by atoms with E-state index in [1.54, 1.807) is 18.6 Å². The summed E-state index contributed by atoms with van der Waals surface area (Å²) in [5.74, 6) is 0.101. The monoisotopic (exact) mass is 465 g/mol. The number of fused-ring (bicyclic) bond motifs is 3. The molecule has 3 aromatic carbocycles. The van der Waals surface area contributed by atoms with Gasteiger partial charge in [-0.25, -0.2) is 20.0 Å². The first-order chi connectivity index (χ1) is 17.7. The highest BCUT2D eigenvalue weighted by molar-refractivity contribution is 6.10. The molecule has 36 heavy (non-hydrogen) atoms. The van der Waals surface area contributed by atoms with E-state index in [1.807, 2.05) is 61.5 Å². The van der Waals surface area contributed by atoms with Gasteiger partial charge >= 0.3 is 0 Å². The van der Waals surface area contributed by atoms with E-state index in [4.69, 9.17) is 5.26 Å². The van der Waals surface area contributed by atoms with Gasteiger partial charge < -0.3 is 4.57 Å². The summed E-state index contributed by atoms with van der Waals surface area (Å²) in [6.07, 6.45) is 4.95. The first-order valence-electron chi connectivity index (χ1n) is 11.1. The predicted molar refractivity (Wildman–Crippen MR) is 143 cm³/mol. The van der Waals surface area contributed by atoms with Gasteiger partial charge in [-0.3, -0.25) is 0 Å². The van der Waals surface area contributed by atoms with Crippen LogP contribution in [0.3, 0.4) is 0 Å². The Kier molecular flexibility index (Phi) is 5.88. The molecule has 0 spiro atoms. The zero-order valence-electron chi connectivity index (χ0n) is 19.4. The lowest BCUT2D eigenvalue weighted by Crippen LogP contribution is -2.02. The van der Waals surface area contributed by atoms with Crippen molar-refractivity contribution in [2.45, 2.75) is 6.92 Å². The van der Waals surface area contributed by atoms with Crippen LogP contribution in [0.25, 0.3) is 44.2 Å². The summed E-state index contributed by atoms with van der Waals surface area (Å²) < 4.78 is 2.23. The third-order valence-corrected chi connectivity index (χ3v) is 5.96. The highest BCUT2D eigenvalue weighted by Crippen LogP contribution is 2.39. The Hall–Kier alpha value is -5.40. The summed E-state index contributed by atoms with van der Waals surface area (Å²) in [6.45, 7) is 5.34. The fraction of sp³-hybridized carbons (Fsp3) is 0.0345. The van der Waals surface area contributed by atoms with E-state index in [1.165, 1.54) is 0 Å². The fourth-order valence-electron chi connectivity index (χ4n) is 4.36. The molecule has 0 aliphatic carbocycles. The van der Waals surface area contributed by atoms with Gasteiger partial charge in [-0.2, -0.15) is 10.5 Å². The molecule has 0 fully saturated rings. The number of rotatable bonds is 4. The second kappa shape index (κ2) is 9.46. The van der Waals surface area contributed by atoms with Gasteiger partial charge in [0.05, 0.1) is 16.7 Å². The molecule has 0 unspecified atom stereocenters. The number of amidine groups is 1. The van der Waals surface area contributed by atoms with E-state index in [0.29, 0.717) is 0 Å². The van der Waals surface area contributed by atoms with Gasteiger partial charge in [0.2, 0.25) is 11.7 Å². The van der Waals surface area contributed by atoms with Gasteiger partial charge in [-0.05, 0) is 31.3 Å². The zero-order valence-corrected chi connectivity index (χ0v) is 19.4.